The number of methoxy groups -OCH3 is 1. The van der Waals surface area contributed by atoms with E-state index in [1.165, 1.54) is 0 Å². The van der Waals surface area contributed by atoms with Crippen LogP contribution in [0.1, 0.15) is 47.0 Å². The van der Waals surface area contributed by atoms with Crippen LogP contribution in [0.25, 0.3) is 0 Å². The van der Waals surface area contributed by atoms with E-state index in [0.717, 1.165) is 25.8 Å². The Morgan fingerprint density at radius 2 is 2.00 bits per heavy atom. The molecule has 1 saturated heterocycles. The Morgan fingerprint density at radius 1 is 1.33 bits per heavy atom. The van der Waals surface area contributed by atoms with Crippen molar-refractivity contribution in [2.45, 2.75) is 53.1 Å². The monoisotopic (exact) mass is 298 g/mol. The van der Waals surface area contributed by atoms with Crippen LogP contribution >= 0.6 is 0 Å². The number of amides is 2. The summed E-state index contributed by atoms with van der Waals surface area (Å²) in [5, 5.41) is 2.74. The van der Waals surface area contributed by atoms with E-state index < -0.39 is 0 Å². The molecule has 0 aromatic heterocycles. The molecular formula is C16H30N2O3. The van der Waals surface area contributed by atoms with Gasteiger partial charge in [-0.1, -0.05) is 27.7 Å². The van der Waals surface area contributed by atoms with Crippen LogP contribution in [0.3, 0.4) is 0 Å². The molecule has 0 radical (unpaired) electrons. The van der Waals surface area contributed by atoms with Gasteiger partial charge in [-0.2, -0.15) is 0 Å². The maximum atomic E-state index is 12.4. The van der Waals surface area contributed by atoms with Gasteiger partial charge in [-0.25, -0.2) is 0 Å². The van der Waals surface area contributed by atoms with E-state index in [1.807, 2.05) is 4.90 Å². The van der Waals surface area contributed by atoms with E-state index in [-0.39, 0.29) is 22.8 Å². The SMILES string of the molecule is COC1CCN(C(=O)CC(C)(C)CC(C)(C)CNC=O)C1. The fraction of sp³-hybridized carbons (Fsp3) is 0.875. The molecule has 0 spiro atoms. The van der Waals surface area contributed by atoms with Crippen LogP contribution < -0.4 is 5.32 Å². The number of nitrogens with one attached hydrogen (secondary N) is 1. The smallest absolute Gasteiger partial charge is 0.223 e. The molecule has 0 aromatic rings. The van der Waals surface area contributed by atoms with Gasteiger partial charge in [0.1, 0.15) is 0 Å². The van der Waals surface area contributed by atoms with Gasteiger partial charge in [0.05, 0.1) is 6.10 Å². The summed E-state index contributed by atoms with van der Waals surface area (Å²) >= 11 is 0. The first kappa shape index (κ1) is 18.0. The van der Waals surface area contributed by atoms with Crippen molar-refractivity contribution in [3.63, 3.8) is 0 Å². The van der Waals surface area contributed by atoms with Gasteiger partial charge >= 0.3 is 0 Å². The second-order valence-electron chi connectivity index (χ2n) is 7.67. The lowest BCUT2D eigenvalue weighted by molar-refractivity contribution is -0.133. The highest BCUT2D eigenvalue weighted by atomic mass is 16.5. The Morgan fingerprint density at radius 3 is 2.52 bits per heavy atom. The molecule has 21 heavy (non-hydrogen) atoms. The second-order valence-corrected chi connectivity index (χ2v) is 7.67. The van der Waals surface area contributed by atoms with E-state index in [0.29, 0.717) is 19.5 Å². The second kappa shape index (κ2) is 7.25. The maximum absolute atomic E-state index is 12.4. The van der Waals surface area contributed by atoms with Crippen LogP contribution in [0, 0.1) is 10.8 Å². The summed E-state index contributed by atoms with van der Waals surface area (Å²) in [6.45, 7) is 10.6. The van der Waals surface area contributed by atoms with Gasteiger partial charge in [-0.05, 0) is 23.7 Å². The van der Waals surface area contributed by atoms with Gasteiger partial charge in [0.2, 0.25) is 12.3 Å². The molecule has 2 amide bonds. The molecule has 1 aliphatic heterocycles. The first-order valence-electron chi connectivity index (χ1n) is 7.67. The van der Waals surface area contributed by atoms with Crippen molar-refractivity contribution < 1.29 is 14.3 Å². The van der Waals surface area contributed by atoms with Crippen LogP contribution in [-0.4, -0.2) is 50.1 Å². The summed E-state index contributed by atoms with van der Waals surface area (Å²) in [6.07, 6.45) is 3.26. The quantitative estimate of drug-likeness (QED) is 0.695. The zero-order valence-corrected chi connectivity index (χ0v) is 14.1. The molecule has 1 unspecified atom stereocenters. The fourth-order valence-electron chi connectivity index (χ4n) is 3.41. The molecular weight excluding hydrogens is 268 g/mol. The predicted octanol–water partition coefficient (Wildman–Crippen LogP) is 1.81. The van der Waals surface area contributed by atoms with Crippen molar-refractivity contribution in [2.75, 3.05) is 26.7 Å². The van der Waals surface area contributed by atoms with Gasteiger partial charge in [0.25, 0.3) is 0 Å². The summed E-state index contributed by atoms with van der Waals surface area (Å²) in [5.41, 5.74) is -0.110. The number of carbonyl (C=O) groups is 2. The molecule has 5 heteroatoms. The van der Waals surface area contributed by atoms with E-state index in [1.54, 1.807) is 7.11 Å². The maximum Gasteiger partial charge on any atom is 0.223 e. The minimum Gasteiger partial charge on any atom is -0.380 e. The lowest BCUT2D eigenvalue weighted by Gasteiger charge is -2.35. The Bertz CT molecular complexity index is 367. The Labute approximate surface area is 128 Å². The summed E-state index contributed by atoms with van der Waals surface area (Å²) in [5.74, 6) is 0.207. The molecule has 1 N–H and O–H groups in total. The molecule has 1 fully saturated rings. The first-order chi connectivity index (χ1) is 9.69. The van der Waals surface area contributed by atoms with Gasteiger partial charge in [0.15, 0.2) is 0 Å². The van der Waals surface area contributed by atoms with Crippen LogP contribution in [0.2, 0.25) is 0 Å². The van der Waals surface area contributed by atoms with Gasteiger partial charge in [-0.3, -0.25) is 9.59 Å². The summed E-state index contributed by atoms with van der Waals surface area (Å²) in [4.78, 5) is 24.8. The fourth-order valence-corrected chi connectivity index (χ4v) is 3.41. The molecule has 1 rings (SSSR count). The molecule has 122 valence electrons. The highest BCUT2D eigenvalue weighted by Crippen LogP contribution is 2.36. The van der Waals surface area contributed by atoms with Crippen LogP contribution in [-0.2, 0) is 14.3 Å². The van der Waals surface area contributed by atoms with E-state index in [9.17, 15) is 9.59 Å². The third-order valence-corrected chi connectivity index (χ3v) is 4.08. The average molecular weight is 298 g/mol. The molecule has 0 aliphatic carbocycles. The van der Waals surface area contributed by atoms with Gasteiger partial charge in [-0.15, -0.1) is 0 Å². The number of ether oxygens (including phenoxy) is 1. The van der Waals surface area contributed by atoms with Crippen LogP contribution in [0.4, 0.5) is 0 Å². The number of hydrogen-bond acceptors (Lipinski definition) is 3. The number of nitrogens with zero attached hydrogens (tertiary/aromatic N) is 1. The van der Waals surface area contributed by atoms with Crippen molar-refractivity contribution in [3.8, 4) is 0 Å². The molecule has 5 nitrogen and oxygen atoms in total. The first-order valence-corrected chi connectivity index (χ1v) is 7.67. The topological polar surface area (TPSA) is 58.6 Å². The summed E-state index contributed by atoms with van der Waals surface area (Å²) in [6, 6.07) is 0. The van der Waals surface area contributed by atoms with Crippen molar-refractivity contribution in [2.24, 2.45) is 10.8 Å². The predicted molar refractivity (Wildman–Crippen MR) is 82.9 cm³/mol. The zero-order chi connectivity index (χ0) is 16.1. The number of rotatable bonds is 8. The van der Waals surface area contributed by atoms with E-state index in [4.69, 9.17) is 4.74 Å². The van der Waals surface area contributed by atoms with Crippen molar-refractivity contribution in [1.82, 2.24) is 10.2 Å². The molecule has 1 atom stereocenters. The van der Waals surface area contributed by atoms with Gasteiger partial charge < -0.3 is 15.0 Å². The van der Waals surface area contributed by atoms with Crippen molar-refractivity contribution in [3.05, 3.63) is 0 Å². The Hall–Kier alpha value is -1.10. The average Bonchev–Trinajstić information content (AvgIpc) is 2.83. The van der Waals surface area contributed by atoms with E-state index >= 15 is 0 Å². The number of likely N-dealkylation sites (tertiary alicyclic amines) is 1. The van der Waals surface area contributed by atoms with Crippen LogP contribution in [0.5, 0.6) is 0 Å². The largest absolute Gasteiger partial charge is 0.380 e. The summed E-state index contributed by atoms with van der Waals surface area (Å²) in [7, 11) is 1.70. The summed E-state index contributed by atoms with van der Waals surface area (Å²) < 4.78 is 5.31. The van der Waals surface area contributed by atoms with E-state index in [2.05, 4.69) is 33.0 Å². The molecule has 0 aromatic carbocycles. The molecule has 1 aliphatic rings. The lowest BCUT2D eigenvalue weighted by atomic mass is 9.73. The number of hydrogen-bond donors (Lipinski definition) is 1. The Kier molecular flexibility index (Phi) is 6.20. The minimum atomic E-state index is -0.0870. The minimum absolute atomic E-state index is 0.0231. The molecule has 1 heterocycles. The van der Waals surface area contributed by atoms with Gasteiger partial charge in [0, 0.05) is 33.2 Å². The number of carbonyl (C=O) groups excluding carboxylic acids is 2. The highest BCUT2D eigenvalue weighted by molar-refractivity contribution is 5.77. The normalized spacial score (nSPS) is 19.7. The highest BCUT2D eigenvalue weighted by Gasteiger charge is 2.34. The van der Waals surface area contributed by atoms with Crippen molar-refractivity contribution >= 4 is 12.3 Å². The molecule has 0 bridgehead atoms. The lowest BCUT2D eigenvalue weighted by Crippen LogP contribution is -2.37. The third kappa shape index (κ3) is 6.04. The van der Waals surface area contributed by atoms with Crippen molar-refractivity contribution in [1.29, 1.82) is 0 Å². The Balaban J connectivity index is 2.51. The van der Waals surface area contributed by atoms with Crippen LogP contribution in [0.15, 0.2) is 0 Å². The third-order valence-electron chi connectivity index (χ3n) is 4.08. The zero-order valence-electron chi connectivity index (χ0n) is 14.1. The molecule has 0 saturated carbocycles. The standard InChI is InChI=1S/C16H30N2O3/c1-15(2,10-16(3,4)11-17-12-19)8-14(20)18-7-6-13(9-18)21-5/h12-13H,6-11H2,1-5H3,(H,17,19).